The quantitative estimate of drug-likeness (QED) is 0.550. The van der Waals surface area contributed by atoms with Gasteiger partial charge in [0.1, 0.15) is 0 Å². The van der Waals surface area contributed by atoms with Crippen molar-refractivity contribution in [2.24, 2.45) is 0 Å². The molecule has 0 aromatic carbocycles. The fourth-order valence-corrected chi connectivity index (χ4v) is 0.450. The van der Waals surface area contributed by atoms with Crippen LogP contribution >= 0.6 is 0 Å². The lowest BCUT2D eigenvalue weighted by atomic mass is 10.6. The maximum atomic E-state index is 11.9. The number of halogens is 6. The molecule has 0 aliphatic carbocycles. The van der Waals surface area contributed by atoms with E-state index in [1.54, 1.807) is 0 Å². The van der Waals surface area contributed by atoms with Gasteiger partial charge in [-0.3, -0.25) is 0 Å². The van der Waals surface area contributed by atoms with Gasteiger partial charge in [-0.2, -0.15) is 26.3 Å². The average molecular weight is 194 g/mol. The molecule has 0 aromatic heterocycles. The van der Waals surface area contributed by atoms with Crippen LogP contribution in [0, 0.1) is 0 Å². The minimum absolute atomic E-state index is 2.15. The van der Waals surface area contributed by atoms with Gasteiger partial charge in [0.05, 0.1) is 0 Å². The molecule has 0 atom stereocenters. The highest BCUT2D eigenvalue weighted by Crippen LogP contribution is 2.46. The highest BCUT2D eigenvalue weighted by molar-refractivity contribution is 4.93. The summed E-state index contributed by atoms with van der Waals surface area (Å²) in [6.07, 6.45) is -13.0. The van der Waals surface area contributed by atoms with E-state index in [2.05, 4.69) is 9.47 Å². The third-order valence-corrected chi connectivity index (χ3v) is 0.935. The summed E-state index contributed by atoms with van der Waals surface area (Å²) in [7, 11) is 0. The van der Waals surface area contributed by atoms with Crippen molar-refractivity contribution in [3.05, 3.63) is 12.0 Å². The minimum atomic E-state index is -5.05. The fraction of sp³-hybridized carbons (Fsp3) is 0.500. The van der Waals surface area contributed by atoms with Gasteiger partial charge in [-0.05, 0) is 0 Å². The summed E-state index contributed by atoms with van der Waals surface area (Å²) in [5, 5.41) is 0. The first-order valence-corrected chi connectivity index (χ1v) is 2.45. The monoisotopic (exact) mass is 194 g/mol. The van der Waals surface area contributed by atoms with E-state index in [4.69, 9.17) is 0 Å². The molecule has 1 aliphatic heterocycles. The highest BCUT2D eigenvalue weighted by atomic mass is 19.3. The van der Waals surface area contributed by atoms with Gasteiger partial charge in [0.15, 0.2) is 0 Å². The van der Waals surface area contributed by atoms with Crippen LogP contribution in [0.5, 0.6) is 0 Å². The van der Waals surface area contributed by atoms with Gasteiger partial charge in [0.25, 0.3) is 0 Å². The molecule has 0 amide bonds. The maximum absolute atomic E-state index is 11.9. The van der Waals surface area contributed by atoms with E-state index in [1.807, 2.05) is 0 Å². The number of rotatable bonds is 0. The summed E-state index contributed by atoms with van der Waals surface area (Å²) in [6, 6.07) is 0. The Morgan fingerprint density at radius 1 is 0.917 bits per heavy atom. The molecule has 1 aliphatic rings. The SMILES string of the molecule is FC(F)=C1OC(F)(F)C(F)(F)O1. The first kappa shape index (κ1) is 9.01. The van der Waals surface area contributed by atoms with Gasteiger partial charge in [-0.15, -0.1) is 0 Å². The van der Waals surface area contributed by atoms with E-state index >= 15 is 0 Å². The van der Waals surface area contributed by atoms with Crippen molar-refractivity contribution in [2.75, 3.05) is 0 Å². The van der Waals surface area contributed by atoms with Gasteiger partial charge < -0.3 is 9.47 Å². The van der Waals surface area contributed by atoms with Crippen molar-refractivity contribution in [1.29, 1.82) is 0 Å². The van der Waals surface area contributed by atoms with Crippen molar-refractivity contribution in [1.82, 2.24) is 0 Å². The molecule has 0 aromatic rings. The largest absolute Gasteiger partial charge is 0.510 e. The number of alkyl halides is 4. The molecule has 1 heterocycles. The summed E-state index contributed by atoms with van der Waals surface area (Å²) >= 11 is 0. The fourth-order valence-electron chi connectivity index (χ4n) is 0.450. The molecule has 0 radical (unpaired) electrons. The van der Waals surface area contributed by atoms with E-state index in [0.717, 1.165) is 0 Å². The smallest absolute Gasteiger partial charge is 0.389 e. The topological polar surface area (TPSA) is 18.5 Å². The normalized spacial score (nSPS) is 24.7. The van der Waals surface area contributed by atoms with Crippen molar-refractivity contribution in [3.63, 3.8) is 0 Å². The molecule has 1 rings (SSSR count). The Labute approximate surface area is 61.4 Å². The van der Waals surface area contributed by atoms with Crippen LogP contribution in [0.4, 0.5) is 26.3 Å². The molecule has 70 valence electrons. The van der Waals surface area contributed by atoms with Crippen molar-refractivity contribution >= 4 is 0 Å². The van der Waals surface area contributed by atoms with Crippen LogP contribution in [0.25, 0.3) is 0 Å². The first-order valence-electron chi connectivity index (χ1n) is 2.45. The van der Waals surface area contributed by atoms with Crippen LogP contribution in [0.3, 0.4) is 0 Å². The summed E-state index contributed by atoms with van der Waals surface area (Å²) < 4.78 is 75.9. The second-order valence-corrected chi connectivity index (χ2v) is 1.79. The lowest BCUT2D eigenvalue weighted by Crippen LogP contribution is -2.36. The molecule has 0 unspecified atom stereocenters. The van der Waals surface area contributed by atoms with Crippen molar-refractivity contribution in [2.45, 2.75) is 12.2 Å². The summed E-state index contributed by atoms with van der Waals surface area (Å²) in [5.41, 5.74) is 0. The van der Waals surface area contributed by atoms with Crippen LogP contribution < -0.4 is 0 Å². The summed E-state index contributed by atoms with van der Waals surface area (Å²) in [6.45, 7) is 0. The molecule has 12 heavy (non-hydrogen) atoms. The van der Waals surface area contributed by atoms with Gasteiger partial charge in [0, 0.05) is 0 Å². The lowest BCUT2D eigenvalue weighted by Gasteiger charge is -2.10. The Hall–Kier alpha value is -1.08. The molecule has 1 fully saturated rings. The van der Waals surface area contributed by atoms with Crippen LogP contribution in [0.1, 0.15) is 0 Å². The van der Waals surface area contributed by atoms with Crippen LogP contribution in [0.2, 0.25) is 0 Å². The van der Waals surface area contributed by atoms with Gasteiger partial charge in [0.2, 0.25) is 0 Å². The van der Waals surface area contributed by atoms with Gasteiger partial charge in [-0.1, -0.05) is 0 Å². The zero-order chi connectivity index (χ0) is 9.57. The molecule has 2 nitrogen and oxygen atoms in total. The third-order valence-electron chi connectivity index (χ3n) is 0.935. The maximum Gasteiger partial charge on any atom is 0.510 e. The second kappa shape index (κ2) is 2.20. The Morgan fingerprint density at radius 2 is 1.25 bits per heavy atom. The zero-order valence-corrected chi connectivity index (χ0v) is 5.08. The number of ether oxygens (including phenoxy) is 2. The lowest BCUT2D eigenvalue weighted by molar-refractivity contribution is -0.344. The van der Waals surface area contributed by atoms with Gasteiger partial charge in [-0.25, -0.2) is 0 Å². The van der Waals surface area contributed by atoms with E-state index in [-0.39, 0.29) is 0 Å². The standard InChI is InChI=1S/C4F6O2/c5-1(6)2-11-3(7,8)4(9,10)12-2. The molecular formula is C4F6O2. The minimum Gasteiger partial charge on any atom is -0.389 e. The van der Waals surface area contributed by atoms with E-state index < -0.39 is 24.2 Å². The van der Waals surface area contributed by atoms with Crippen LogP contribution in [-0.2, 0) is 9.47 Å². The number of hydrogen-bond acceptors (Lipinski definition) is 2. The number of hydrogen-bond donors (Lipinski definition) is 0. The summed E-state index contributed by atoms with van der Waals surface area (Å²) in [5.74, 6) is -2.15. The van der Waals surface area contributed by atoms with E-state index in [9.17, 15) is 26.3 Å². The Balaban J connectivity index is 2.97. The second-order valence-electron chi connectivity index (χ2n) is 1.79. The molecular weight excluding hydrogens is 194 g/mol. The van der Waals surface area contributed by atoms with Crippen LogP contribution in [-0.4, -0.2) is 12.2 Å². The van der Waals surface area contributed by atoms with Gasteiger partial charge >= 0.3 is 24.2 Å². The predicted molar refractivity (Wildman–Crippen MR) is 21.3 cm³/mol. The summed E-state index contributed by atoms with van der Waals surface area (Å²) in [4.78, 5) is 0. The Bertz CT molecular complexity index is 212. The third kappa shape index (κ3) is 1.16. The van der Waals surface area contributed by atoms with E-state index in [1.165, 1.54) is 0 Å². The first-order chi connectivity index (χ1) is 5.26. The molecule has 0 spiro atoms. The predicted octanol–water partition coefficient (Wildman–Crippen LogP) is 2.28. The Morgan fingerprint density at radius 3 is 1.42 bits per heavy atom. The molecule has 0 saturated carbocycles. The van der Waals surface area contributed by atoms with Crippen molar-refractivity contribution < 1.29 is 35.8 Å². The molecule has 1 saturated heterocycles. The zero-order valence-electron chi connectivity index (χ0n) is 5.08. The molecule has 0 N–H and O–H groups in total. The van der Waals surface area contributed by atoms with Crippen molar-refractivity contribution in [3.8, 4) is 0 Å². The van der Waals surface area contributed by atoms with E-state index in [0.29, 0.717) is 0 Å². The van der Waals surface area contributed by atoms with Crippen LogP contribution in [0.15, 0.2) is 12.0 Å². The highest BCUT2D eigenvalue weighted by Gasteiger charge is 2.70. The molecule has 0 bridgehead atoms. The molecule has 8 heteroatoms. The Kier molecular flexibility index (Phi) is 1.66. The average Bonchev–Trinajstić information content (AvgIpc) is 2.03.